The molecule has 0 saturated heterocycles. The Balaban J connectivity index is 1.69. The monoisotopic (exact) mass is 384 g/mol. The van der Waals surface area contributed by atoms with Crippen molar-refractivity contribution in [2.75, 3.05) is 19.8 Å². The average Bonchev–Trinajstić information content (AvgIpc) is 2.70. The van der Waals surface area contributed by atoms with E-state index in [2.05, 4.69) is 10.6 Å². The standard InChI is InChI=1S/C21H24N2O5/c1-15(2)12-22-21(26)23-19(24)13-28-20(25)14-27-18-10-8-17(9-11-18)16-6-4-3-5-7-16/h3-11,15H,12-14H2,1-2H3,(H2,22,23,24,26). The third-order valence-corrected chi connectivity index (χ3v) is 3.61. The number of nitrogens with one attached hydrogen (secondary N) is 2. The van der Waals surface area contributed by atoms with Gasteiger partial charge in [-0.1, -0.05) is 56.3 Å². The molecule has 0 bridgehead atoms. The smallest absolute Gasteiger partial charge is 0.344 e. The van der Waals surface area contributed by atoms with Crippen LogP contribution in [-0.2, 0) is 14.3 Å². The second kappa shape index (κ2) is 10.7. The number of carbonyl (C=O) groups is 3. The highest BCUT2D eigenvalue weighted by molar-refractivity contribution is 5.95. The lowest BCUT2D eigenvalue weighted by Gasteiger charge is -2.09. The minimum atomic E-state index is -0.707. The van der Waals surface area contributed by atoms with Crippen molar-refractivity contribution in [2.45, 2.75) is 13.8 Å². The number of hydrogen-bond acceptors (Lipinski definition) is 5. The largest absolute Gasteiger partial charge is 0.482 e. The zero-order valence-corrected chi connectivity index (χ0v) is 15.9. The number of imide groups is 1. The molecule has 0 aliphatic rings. The highest BCUT2D eigenvalue weighted by Gasteiger charge is 2.11. The lowest BCUT2D eigenvalue weighted by molar-refractivity contribution is -0.150. The topological polar surface area (TPSA) is 93.7 Å². The van der Waals surface area contributed by atoms with Crippen LogP contribution >= 0.6 is 0 Å². The molecule has 3 amide bonds. The van der Waals surface area contributed by atoms with E-state index in [4.69, 9.17) is 9.47 Å². The van der Waals surface area contributed by atoms with Crippen LogP contribution in [0.5, 0.6) is 5.75 Å². The quantitative estimate of drug-likeness (QED) is 0.683. The van der Waals surface area contributed by atoms with Crippen LogP contribution < -0.4 is 15.4 Å². The normalized spacial score (nSPS) is 10.2. The van der Waals surface area contributed by atoms with Gasteiger partial charge in [0.15, 0.2) is 13.2 Å². The predicted octanol–water partition coefficient (Wildman–Crippen LogP) is 2.76. The van der Waals surface area contributed by atoms with Crippen LogP contribution in [-0.4, -0.2) is 37.7 Å². The van der Waals surface area contributed by atoms with Gasteiger partial charge < -0.3 is 14.8 Å². The summed E-state index contributed by atoms with van der Waals surface area (Å²) in [5.41, 5.74) is 2.11. The van der Waals surface area contributed by atoms with E-state index in [0.717, 1.165) is 11.1 Å². The van der Waals surface area contributed by atoms with Crippen LogP contribution in [0.15, 0.2) is 54.6 Å². The van der Waals surface area contributed by atoms with Gasteiger partial charge in [0.2, 0.25) is 0 Å². The fourth-order valence-corrected chi connectivity index (χ4v) is 2.21. The molecule has 2 aromatic carbocycles. The van der Waals surface area contributed by atoms with Crippen molar-refractivity contribution in [3.63, 3.8) is 0 Å². The van der Waals surface area contributed by atoms with Crippen molar-refractivity contribution in [3.05, 3.63) is 54.6 Å². The van der Waals surface area contributed by atoms with Crippen LogP contribution in [0.2, 0.25) is 0 Å². The maximum atomic E-state index is 11.7. The molecule has 0 saturated carbocycles. The van der Waals surface area contributed by atoms with Crippen LogP contribution in [0.1, 0.15) is 13.8 Å². The average molecular weight is 384 g/mol. The zero-order valence-electron chi connectivity index (χ0n) is 15.9. The Kier molecular flexibility index (Phi) is 8.02. The predicted molar refractivity (Wildman–Crippen MR) is 105 cm³/mol. The van der Waals surface area contributed by atoms with E-state index in [-0.39, 0.29) is 12.5 Å². The molecule has 2 rings (SSSR count). The van der Waals surface area contributed by atoms with E-state index >= 15 is 0 Å². The van der Waals surface area contributed by atoms with Crippen molar-refractivity contribution in [2.24, 2.45) is 5.92 Å². The molecule has 2 aromatic rings. The Morgan fingerprint density at radius 2 is 1.54 bits per heavy atom. The number of urea groups is 1. The molecule has 0 aliphatic carbocycles. The van der Waals surface area contributed by atoms with Crippen molar-refractivity contribution in [3.8, 4) is 16.9 Å². The molecule has 28 heavy (non-hydrogen) atoms. The first kappa shape index (κ1) is 21.0. The van der Waals surface area contributed by atoms with Gasteiger partial charge in [-0.15, -0.1) is 0 Å². The van der Waals surface area contributed by atoms with E-state index in [9.17, 15) is 14.4 Å². The summed E-state index contributed by atoms with van der Waals surface area (Å²) in [5.74, 6) is -0.640. The van der Waals surface area contributed by atoms with Gasteiger partial charge in [-0.25, -0.2) is 9.59 Å². The summed E-state index contributed by atoms with van der Waals surface area (Å²) in [5, 5.41) is 4.61. The number of ether oxygens (including phenoxy) is 2. The molecule has 0 spiro atoms. The molecule has 0 radical (unpaired) electrons. The summed E-state index contributed by atoms with van der Waals surface area (Å²) in [6.07, 6.45) is 0. The van der Waals surface area contributed by atoms with Crippen molar-refractivity contribution in [1.29, 1.82) is 0 Å². The molecule has 0 aliphatic heterocycles. The lowest BCUT2D eigenvalue weighted by atomic mass is 10.1. The third-order valence-electron chi connectivity index (χ3n) is 3.61. The lowest BCUT2D eigenvalue weighted by Crippen LogP contribution is -2.42. The summed E-state index contributed by atoms with van der Waals surface area (Å²) in [4.78, 5) is 34.7. The van der Waals surface area contributed by atoms with E-state index in [0.29, 0.717) is 12.3 Å². The zero-order chi connectivity index (χ0) is 20.4. The summed E-state index contributed by atoms with van der Waals surface area (Å²) >= 11 is 0. The van der Waals surface area contributed by atoms with Gasteiger partial charge in [-0.3, -0.25) is 10.1 Å². The van der Waals surface area contributed by atoms with Gasteiger partial charge in [-0.05, 0) is 29.2 Å². The van der Waals surface area contributed by atoms with Gasteiger partial charge in [0.25, 0.3) is 5.91 Å². The van der Waals surface area contributed by atoms with Gasteiger partial charge in [0.1, 0.15) is 5.75 Å². The Morgan fingerprint density at radius 3 is 2.18 bits per heavy atom. The summed E-state index contributed by atoms with van der Waals surface area (Å²) in [6.45, 7) is 3.41. The fraction of sp³-hybridized carbons (Fsp3) is 0.286. The maximum absolute atomic E-state index is 11.7. The number of carbonyl (C=O) groups excluding carboxylic acids is 3. The molecule has 0 unspecified atom stereocenters. The van der Waals surface area contributed by atoms with Gasteiger partial charge in [0, 0.05) is 6.54 Å². The molecule has 0 fully saturated rings. The van der Waals surface area contributed by atoms with E-state index in [1.54, 1.807) is 12.1 Å². The number of esters is 1. The SMILES string of the molecule is CC(C)CNC(=O)NC(=O)COC(=O)COc1ccc(-c2ccccc2)cc1. The minimum Gasteiger partial charge on any atom is -0.482 e. The molecule has 7 heteroatoms. The minimum absolute atomic E-state index is 0.262. The fourth-order valence-electron chi connectivity index (χ4n) is 2.21. The Hall–Kier alpha value is -3.35. The van der Waals surface area contributed by atoms with Crippen LogP contribution in [0.3, 0.4) is 0 Å². The molecular formula is C21H24N2O5. The summed E-state index contributed by atoms with van der Waals surface area (Å²) in [6, 6.07) is 16.5. The first-order valence-corrected chi connectivity index (χ1v) is 8.95. The summed E-state index contributed by atoms with van der Waals surface area (Å²) in [7, 11) is 0. The summed E-state index contributed by atoms with van der Waals surface area (Å²) < 4.78 is 10.1. The van der Waals surface area contributed by atoms with Crippen LogP contribution in [0.4, 0.5) is 4.79 Å². The van der Waals surface area contributed by atoms with Crippen molar-refractivity contribution >= 4 is 17.9 Å². The third kappa shape index (κ3) is 7.49. The van der Waals surface area contributed by atoms with Crippen molar-refractivity contribution < 1.29 is 23.9 Å². The maximum Gasteiger partial charge on any atom is 0.344 e. The van der Waals surface area contributed by atoms with Gasteiger partial charge >= 0.3 is 12.0 Å². The first-order valence-electron chi connectivity index (χ1n) is 8.95. The number of benzene rings is 2. The Bertz CT molecular complexity index is 788. The highest BCUT2D eigenvalue weighted by Crippen LogP contribution is 2.21. The Labute approximate surface area is 164 Å². The number of amides is 3. The van der Waals surface area contributed by atoms with Gasteiger partial charge in [0.05, 0.1) is 0 Å². The van der Waals surface area contributed by atoms with E-state index in [1.165, 1.54) is 0 Å². The van der Waals surface area contributed by atoms with Gasteiger partial charge in [-0.2, -0.15) is 0 Å². The number of hydrogen-bond donors (Lipinski definition) is 2. The molecular weight excluding hydrogens is 360 g/mol. The first-order chi connectivity index (χ1) is 13.4. The second-order valence-electron chi connectivity index (χ2n) is 6.49. The highest BCUT2D eigenvalue weighted by atomic mass is 16.6. The molecule has 0 atom stereocenters. The molecule has 2 N–H and O–H groups in total. The van der Waals surface area contributed by atoms with E-state index in [1.807, 2.05) is 56.3 Å². The van der Waals surface area contributed by atoms with Crippen LogP contribution in [0, 0.1) is 5.92 Å². The van der Waals surface area contributed by atoms with Crippen molar-refractivity contribution in [1.82, 2.24) is 10.6 Å². The Morgan fingerprint density at radius 1 is 0.893 bits per heavy atom. The molecule has 148 valence electrons. The van der Waals surface area contributed by atoms with Crippen LogP contribution in [0.25, 0.3) is 11.1 Å². The second-order valence-corrected chi connectivity index (χ2v) is 6.49. The molecule has 0 heterocycles. The molecule has 0 aromatic heterocycles. The van der Waals surface area contributed by atoms with E-state index < -0.39 is 24.5 Å². The molecule has 7 nitrogen and oxygen atoms in total. The number of rotatable bonds is 8.